The second kappa shape index (κ2) is 7.42. The predicted octanol–water partition coefficient (Wildman–Crippen LogP) is 4.36. The van der Waals surface area contributed by atoms with Crippen molar-refractivity contribution in [2.75, 3.05) is 0 Å². The van der Waals surface area contributed by atoms with Gasteiger partial charge in [-0.15, -0.1) is 0 Å². The Morgan fingerprint density at radius 1 is 1.12 bits per heavy atom. The minimum atomic E-state index is -0.496. The lowest BCUT2D eigenvalue weighted by Crippen LogP contribution is -2.19. The van der Waals surface area contributed by atoms with E-state index < -0.39 is 10.8 Å². The predicted molar refractivity (Wildman–Crippen MR) is 94.0 cm³/mol. The number of hydrogen-bond acceptors (Lipinski definition) is 4. The molecular formula is C16H13Cl2N3O3. The lowest BCUT2D eigenvalue weighted by Gasteiger charge is -2.05. The summed E-state index contributed by atoms with van der Waals surface area (Å²) in [5, 5.41) is 15.6. The minimum absolute atomic E-state index is 0.0398. The van der Waals surface area contributed by atoms with Crippen LogP contribution < -0.4 is 5.43 Å². The third-order valence-corrected chi connectivity index (χ3v) is 4.06. The van der Waals surface area contributed by atoms with Crippen LogP contribution in [-0.4, -0.2) is 16.5 Å². The molecule has 0 bridgehead atoms. The number of amides is 1. The Labute approximate surface area is 148 Å². The maximum absolute atomic E-state index is 12.1. The van der Waals surface area contributed by atoms with Gasteiger partial charge in [0.05, 0.1) is 20.7 Å². The van der Waals surface area contributed by atoms with Crippen LogP contribution in [0.4, 0.5) is 5.69 Å². The Balaban J connectivity index is 2.15. The normalized spacial score (nSPS) is 11.2. The largest absolute Gasteiger partial charge is 0.272 e. The van der Waals surface area contributed by atoms with E-state index in [-0.39, 0.29) is 11.3 Å². The van der Waals surface area contributed by atoms with Crippen molar-refractivity contribution in [2.24, 2.45) is 5.10 Å². The van der Waals surface area contributed by atoms with Crippen molar-refractivity contribution in [3.63, 3.8) is 0 Å². The van der Waals surface area contributed by atoms with E-state index in [0.29, 0.717) is 26.9 Å². The molecule has 24 heavy (non-hydrogen) atoms. The third-order valence-electron chi connectivity index (χ3n) is 3.32. The Morgan fingerprint density at radius 3 is 2.38 bits per heavy atom. The number of hydrazone groups is 1. The quantitative estimate of drug-likeness (QED) is 0.496. The van der Waals surface area contributed by atoms with Crippen LogP contribution >= 0.6 is 23.2 Å². The van der Waals surface area contributed by atoms with Crippen LogP contribution in [0.3, 0.4) is 0 Å². The van der Waals surface area contributed by atoms with E-state index in [1.54, 1.807) is 32.0 Å². The zero-order valence-corrected chi connectivity index (χ0v) is 14.4. The van der Waals surface area contributed by atoms with Crippen LogP contribution in [0.25, 0.3) is 0 Å². The molecule has 0 unspecified atom stereocenters. The number of aryl methyl sites for hydroxylation is 1. The highest BCUT2D eigenvalue weighted by Crippen LogP contribution is 2.23. The average molecular weight is 366 g/mol. The van der Waals surface area contributed by atoms with E-state index in [2.05, 4.69) is 10.5 Å². The number of nitro benzene ring substituents is 1. The van der Waals surface area contributed by atoms with Gasteiger partial charge >= 0.3 is 0 Å². The lowest BCUT2D eigenvalue weighted by atomic mass is 10.1. The fourth-order valence-corrected chi connectivity index (χ4v) is 2.28. The first-order valence-electron chi connectivity index (χ1n) is 6.84. The number of nitrogens with zero attached hydrogens (tertiary/aromatic N) is 2. The van der Waals surface area contributed by atoms with Gasteiger partial charge in [0, 0.05) is 17.2 Å². The number of nitro groups is 1. The van der Waals surface area contributed by atoms with Gasteiger partial charge in [-0.1, -0.05) is 29.3 Å². The molecule has 0 fully saturated rings. The highest BCUT2D eigenvalue weighted by Gasteiger charge is 2.13. The summed E-state index contributed by atoms with van der Waals surface area (Å²) in [6.45, 7) is 3.28. The molecule has 0 heterocycles. The summed E-state index contributed by atoms with van der Waals surface area (Å²) < 4.78 is 0. The number of carbonyl (C=O) groups excluding carboxylic acids is 1. The summed E-state index contributed by atoms with van der Waals surface area (Å²) in [5.74, 6) is -0.465. The first kappa shape index (κ1) is 17.9. The van der Waals surface area contributed by atoms with Gasteiger partial charge in [-0.25, -0.2) is 5.43 Å². The highest BCUT2D eigenvalue weighted by molar-refractivity contribution is 6.42. The average Bonchev–Trinajstić information content (AvgIpc) is 2.54. The lowest BCUT2D eigenvalue weighted by molar-refractivity contribution is -0.385. The molecule has 8 heteroatoms. The minimum Gasteiger partial charge on any atom is -0.267 e. The van der Waals surface area contributed by atoms with Gasteiger partial charge in [-0.3, -0.25) is 14.9 Å². The van der Waals surface area contributed by atoms with Gasteiger partial charge in [0.2, 0.25) is 0 Å². The molecule has 0 saturated carbocycles. The number of rotatable bonds is 4. The van der Waals surface area contributed by atoms with E-state index in [9.17, 15) is 14.9 Å². The summed E-state index contributed by atoms with van der Waals surface area (Å²) >= 11 is 11.8. The van der Waals surface area contributed by atoms with Crippen LogP contribution in [0.5, 0.6) is 0 Å². The number of halogens is 2. The van der Waals surface area contributed by atoms with Gasteiger partial charge in [-0.2, -0.15) is 5.10 Å². The molecule has 6 nitrogen and oxygen atoms in total. The maximum Gasteiger partial charge on any atom is 0.272 e. The van der Waals surface area contributed by atoms with Crippen molar-refractivity contribution in [3.8, 4) is 0 Å². The van der Waals surface area contributed by atoms with Gasteiger partial charge < -0.3 is 0 Å². The van der Waals surface area contributed by atoms with E-state index >= 15 is 0 Å². The molecule has 0 aliphatic carbocycles. The van der Waals surface area contributed by atoms with Crippen molar-refractivity contribution < 1.29 is 9.72 Å². The van der Waals surface area contributed by atoms with Crippen molar-refractivity contribution in [3.05, 3.63) is 73.2 Å². The Kier molecular flexibility index (Phi) is 5.54. The van der Waals surface area contributed by atoms with Crippen LogP contribution in [0.2, 0.25) is 10.0 Å². The molecule has 0 aliphatic rings. The monoisotopic (exact) mass is 365 g/mol. The van der Waals surface area contributed by atoms with Crippen LogP contribution in [0, 0.1) is 17.0 Å². The van der Waals surface area contributed by atoms with Gasteiger partial charge in [0.1, 0.15) is 0 Å². The first-order valence-corrected chi connectivity index (χ1v) is 7.60. The molecule has 2 aromatic carbocycles. The van der Waals surface area contributed by atoms with Crippen molar-refractivity contribution >= 4 is 40.5 Å². The number of hydrogen-bond donors (Lipinski definition) is 1. The zero-order valence-electron chi connectivity index (χ0n) is 12.8. The molecule has 0 atom stereocenters. The van der Waals surface area contributed by atoms with Crippen molar-refractivity contribution in [2.45, 2.75) is 13.8 Å². The molecule has 0 aromatic heterocycles. The SMILES string of the molecule is CC(=NNC(=O)c1ccc([N+](=O)[O-])c(C)c1)c1ccc(Cl)c(Cl)c1. The second-order valence-electron chi connectivity index (χ2n) is 5.03. The summed E-state index contributed by atoms with van der Waals surface area (Å²) in [6, 6.07) is 9.13. The molecule has 0 aliphatic heterocycles. The van der Waals surface area contributed by atoms with Crippen LogP contribution in [0.1, 0.15) is 28.4 Å². The molecule has 1 amide bonds. The Morgan fingerprint density at radius 2 is 1.79 bits per heavy atom. The molecule has 0 radical (unpaired) electrons. The maximum atomic E-state index is 12.1. The first-order chi connectivity index (χ1) is 11.3. The molecule has 1 N–H and O–H groups in total. The number of nitrogens with one attached hydrogen (secondary N) is 1. The van der Waals surface area contributed by atoms with Gasteiger partial charge in [0.25, 0.3) is 11.6 Å². The van der Waals surface area contributed by atoms with Gasteiger partial charge in [0.15, 0.2) is 0 Å². The molecular weight excluding hydrogens is 353 g/mol. The number of benzene rings is 2. The summed E-state index contributed by atoms with van der Waals surface area (Å²) in [7, 11) is 0. The topological polar surface area (TPSA) is 84.6 Å². The van der Waals surface area contributed by atoms with E-state index in [1.165, 1.54) is 18.2 Å². The number of carbonyl (C=O) groups is 1. The summed E-state index contributed by atoms with van der Waals surface area (Å²) in [6.07, 6.45) is 0. The zero-order chi connectivity index (χ0) is 17.9. The van der Waals surface area contributed by atoms with E-state index in [1.807, 2.05) is 0 Å². The highest BCUT2D eigenvalue weighted by atomic mass is 35.5. The molecule has 0 spiro atoms. The van der Waals surface area contributed by atoms with Crippen molar-refractivity contribution in [1.82, 2.24) is 5.43 Å². The smallest absolute Gasteiger partial charge is 0.267 e. The summed E-state index contributed by atoms with van der Waals surface area (Å²) in [5.41, 5.74) is 4.31. The fraction of sp³-hybridized carbons (Fsp3) is 0.125. The Bertz CT molecular complexity index is 850. The van der Waals surface area contributed by atoms with Gasteiger partial charge in [-0.05, 0) is 43.7 Å². The Hall–Kier alpha value is -2.44. The van der Waals surface area contributed by atoms with Crippen LogP contribution in [-0.2, 0) is 0 Å². The molecule has 2 rings (SSSR count). The van der Waals surface area contributed by atoms with E-state index in [4.69, 9.17) is 23.2 Å². The van der Waals surface area contributed by atoms with E-state index in [0.717, 1.165) is 0 Å². The molecule has 0 saturated heterocycles. The summed E-state index contributed by atoms with van der Waals surface area (Å²) in [4.78, 5) is 22.4. The molecule has 2 aromatic rings. The molecule has 124 valence electrons. The standard InChI is InChI=1S/C16H13Cl2N3O3/c1-9-7-12(4-6-15(9)21(23)24)16(22)20-19-10(2)11-3-5-13(17)14(18)8-11/h3-8H,1-2H3,(H,20,22). The second-order valence-corrected chi connectivity index (χ2v) is 5.84. The fourth-order valence-electron chi connectivity index (χ4n) is 1.99. The third kappa shape index (κ3) is 4.10. The van der Waals surface area contributed by atoms with Crippen molar-refractivity contribution in [1.29, 1.82) is 0 Å². The van der Waals surface area contributed by atoms with Crippen LogP contribution in [0.15, 0.2) is 41.5 Å².